The van der Waals surface area contributed by atoms with E-state index in [2.05, 4.69) is 37.9 Å². The SMILES string of the molecule is Cc1cccc(OC(C)C(=O)NCCN(C(C)C)C(C)C)c1. The van der Waals surface area contributed by atoms with Crippen LogP contribution in [-0.4, -0.2) is 42.1 Å². The highest BCUT2D eigenvalue weighted by Gasteiger charge is 2.16. The maximum atomic E-state index is 12.1. The number of nitrogens with zero attached hydrogens (tertiary/aromatic N) is 1. The van der Waals surface area contributed by atoms with E-state index in [1.54, 1.807) is 6.92 Å². The highest BCUT2D eigenvalue weighted by Crippen LogP contribution is 2.14. The summed E-state index contributed by atoms with van der Waals surface area (Å²) in [6, 6.07) is 8.68. The zero-order valence-corrected chi connectivity index (χ0v) is 14.7. The first-order chi connectivity index (χ1) is 10.3. The Bertz CT molecular complexity index is 464. The van der Waals surface area contributed by atoms with Gasteiger partial charge in [-0.25, -0.2) is 0 Å². The molecule has 1 atom stereocenters. The maximum Gasteiger partial charge on any atom is 0.260 e. The molecule has 1 N–H and O–H groups in total. The summed E-state index contributed by atoms with van der Waals surface area (Å²) in [6.45, 7) is 14.0. The van der Waals surface area contributed by atoms with Crippen molar-refractivity contribution >= 4 is 5.91 Å². The lowest BCUT2D eigenvalue weighted by Crippen LogP contribution is -2.44. The molecule has 1 aromatic rings. The third-order valence-corrected chi connectivity index (χ3v) is 3.67. The van der Waals surface area contributed by atoms with E-state index in [1.165, 1.54) is 0 Å². The van der Waals surface area contributed by atoms with Gasteiger partial charge in [0.25, 0.3) is 5.91 Å². The number of hydrogen-bond acceptors (Lipinski definition) is 3. The minimum Gasteiger partial charge on any atom is -0.481 e. The van der Waals surface area contributed by atoms with E-state index in [9.17, 15) is 4.79 Å². The molecule has 1 aromatic carbocycles. The molecule has 22 heavy (non-hydrogen) atoms. The molecule has 0 saturated heterocycles. The molecule has 1 amide bonds. The standard InChI is InChI=1S/C18H30N2O2/c1-13(2)20(14(3)4)11-10-19-18(21)16(6)22-17-9-7-8-15(5)12-17/h7-9,12-14,16H,10-11H2,1-6H3,(H,19,21). The number of benzene rings is 1. The van der Waals surface area contributed by atoms with Crippen LogP contribution in [0, 0.1) is 6.92 Å². The monoisotopic (exact) mass is 306 g/mol. The first-order valence-electron chi connectivity index (χ1n) is 8.08. The highest BCUT2D eigenvalue weighted by molar-refractivity contribution is 5.80. The van der Waals surface area contributed by atoms with Crippen LogP contribution in [0.5, 0.6) is 5.75 Å². The first-order valence-corrected chi connectivity index (χ1v) is 8.08. The van der Waals surface area contributed by atoms with Crippen molar-refractivity contribution in [2.75, 3.05) is 13.1 Å². The Labute approximate surface area is 134 Å². The fraction of sp³-hybridized carbons (Fsp3) is 0.611. The van der Waals surface area contributed by atoms with Crippen molar-refractivity contribution in [1.82, 2.24) is 10.2 Å². The van der Waals surface area contributed by atoms with Crippen LogP contribution < -0.4 is 10.1 Å². The number of amides is 1. The maximum absolute atomic E-state index is 12.1. The van der Waals surface area contributed by atoms with Gasteiger partial charge in [-0.3, -0.25) is 9.69 Å². The Balaban J connectivity index is 2.41. The Hall–Kier alpha value is -1.55. The molecule has 0 aliphatic carbocycles. The smallest absolute Gasteiger partial charge is 0.260 e. The fourth-order valence-corrected chi connectivity index (χ4v) is 2.51. The zero-order chi connectivity index (χ0) is 16.7. The predicted molar refractivity (Wildman–Crippen MR) is 91.3 cm³/mol. The molecule has 4 nitrogen and oxygen atoms in total. The quantitative estimate of drug-likeness (QED) is 0.803. The van der Waals surface area contributed by atoms with E-state index in [0.717, 1.165) is 17.9 Å². The molecule has 0 heterocycles. The van der Waals surface area contributed by atoms with E-state index in [0.29, 0.717) is 18.6 Å². The number of rotatable bonds is 8. The third-order valence-electron chi connectivity index (χ3n) is 3.67. The topological polar surface area (TPSA) is 41.6 Å². The first kappa shape index (κ1) is 18.5. The van der Waals surface area contributed by atoms with Crippen molar-refractivity contribution in [2.24, 2.45) is 0 Å². The summed E-state index contributed by atoms with van der Waals surface area (Å²) in [5.74, 6) is 0.655. The fourth-order valence-electron chi connectivity index (χ4n) is 2.51. The molecule has 0 fully saturated rings. The second-order valence-corrected chi connectivity index (χ2v) is 6.29. The Morgan fingerprint density at radius 2 is 1.82 bits per heavy atom. The Morgan fingerprint density at radius 1 is 1.18 bits per heavy atom. The minimum absolute atomic E-state index is 0.0750. The second-order valence-electron chi connectivity index (χ2n) is 6.29. The summed E-state index contributed by atoms with van der Waals surface area (Å²) < 4.78 is 5.68. The lowest BCUT2D eigenvalue weighted by atomic mass is 10.2. The Kier molecular flexibility index (Phi) is 7.39. The summed E-state index contributed by atoms with van der Waals surface area (Å²) in [4.78, 5) is 14.5. The summed E-state index contributed by atoms with van der Waals surface area (Å²) in [5, 5.41) is 2.95. The Morgan fingerprint density at radius 3 is 2.36 bits per heavy atom. The molecule has 0 radical (unpaired) electrons. The lowest BCUT2D eigenvalue weighted by molar-refractivity contribution is -0.127. The van der Waals surface area contributed by atoms with Crippen molar-refractivity contribution in [2.45, 2.75) is 59.7 Å². The summed E-state index contributed by atoms with van der Waals surface area (Å²) in [6.07, 6.45) is -0.492. The molecule has 1 rings (SSSR count). The molecule has 0 bridgehead atoms. The molecular formula is C18H30N2O2. The average molecular weight is 306 g/mol. The van der Waals surface area contributed by atoms with Crippen LogP contribution in [0.3, 0.4) is 0 Å². The van der Waals surface area contributed by atoms with E-state index in [1.807, 2.05) is 31.2 Å². The van der Waals surface area contributed by atoms with Crippen molar-refractivity contribution in [3.05, 3.63) is 29.8 Å². The van der Waals surface area contributed by atoms with Gasteiger partial charge in [-0.2, -0.15) is 0 Å². The van der Waals surface area contributed by atoms with Crippen LogP contribution in [0.1, 0.15) is 40.2 Å². The van der Waals surface area contributed by atoms with Crippen LogP contribution in [0.2, 0.25) is 0 Å². The molecule has 1 unspecified atom stereocenters. The predicted octanol–water partition coefficient (Wildman–Crippen LogP) is 3.00. The van der Waals surface area contributed by atoms with Crippen molar-refractivity contribution in [3.8, 4) is 5.75 Å². The number of ether oxygens (including phenoxy) is 1. The number of hydrogen-bond donors (Lipinski definition) is 1. The van der Waals surface area contributed by atoms with Gasteiger partial charge in [-0.15, -0.1) is 0 Å². The van der Waals surface area contributed by atoms with Gasteiger partial charge in [-0.1, -0.05) is 12.1 Å². The van der Waals surface area contributed by atoms with Crippen LogP contribution >= 0.6 is 0 Å². The summed E-state index contributed by atoms with van der Waals surface area (Å²) in [5.41, 5.74) is 1.12. The van der Waals surface area contributed by atoms with Crippen LogP contribution in [0.15, 0.2) is 24.3 Å². The van der Waals surface area contributed by atoms with E-state index < -0.39 is 6.10 Å². The number of aryl methyl sites for hydroxylation is 1. The van der Waals surface area contributed by atoms with Crippen LogP contribution in [0.4, 0.5) is 0 Å². The molecule has 0 aliphatic rings. The van der Waals surface area contributed by atoms with Gasteiger partial charge in [-0.05, 0) is 59.2 Å². The van der Waals surface area contributed by atoms with Crippen molar-refractivity contribution < 1.29 is 9.53 Å². The van der Waals surface area contributed by atoms with Gasteiger partial charge >= 0.3 is 0 Å². The number of carbonyl (C=O) groups is 1. The molecule has 0 saturated carbocycles. The van der Waals surface area contributed by atoms with E-state index in [4.69, 9.17) is 4.74 Å². The van der Waals surface area contributed by atoms with Gasteiger partial charge in [0, 0.05) is 25.2 Å². The lowest BCUT2D eigenvalue weighted by Gasteiger charge is -2.30. The number of nitrogens with one attached hydrogen (secondary N) is 1. The zero-order valence-electron chi connectivity index (χ0n) is 14.7. The normalized spacial score (nSPS) is 12.8. The van der Waals surface area contributed by atoms with E-state index >= 15 is 0 Å². The van der Waals surface area contributed by atoms with Gasteiger partial charge in [0.05, 0.1) is 0 Å². The summed E-state index contributed by atoms with van der Waals surface area (Å²) in [7, 11) is 0. The van der Waals surface area contributed by atoms with Crippen LogP contribution in [-0.2, 0) is 4.79 Å². The average Bonchev–Trinajstić information content (AvgIpc) is 2.42. The molecule has 124 valence electrons. The highest BCUT2D eigenvalue weighted by atomic mass is 16.5. The molecule has 4 heteroatoms. The number of carbonyl (C=O) groups excluding carboxylic acids is 1. The van der Waals surface area contributed by atoms with Crippen molar-refractivity contribution in [1.29, 1.82) is 0 Å². The third kappa shape index (κ3) is 6.06. The van der Waals surface area contributed by atoms with E-state index in [-0.39, 0.29) is 5.91 Å². The largest absolute Gasteiger partial charge is 0.481 e. The second kappa shape index (κ2) is 8.79. The van der Waals surface area contributed by atoms with Gasteiger partial charge in [0.2, 0.25) is 0 Å². The molecular weight excluding hydrogens is 276 g/mol. The molecule has 0 aromatic heterocycles. The van der Waals surface area contributed by atoms with Gasteiger partial charge < -0.3 is 10.1 Å². The summed E-state index contributed by atoms with van der Waals surface area (Å²) >= 11 is 0. The molecule has 0 spiro atoms. The van der Waals surface area contributed by atoms with Crippen LogP contribution in [0.25, 0.3) is 0 Å². The minimum atomic E-state index is -0.492. The van der Waals surface area contributed by atoms with Gasteiger partial charge in [0.1, 0.15) is 5.75 Å². The molecule has 0 aliphatic heterocycles. The van der Waals surface area contributed by atoms with Gasteiger partial charge in [0.15, 0.2) is 6.10 Å². The van der Waals surface area contributed by atoms with Crippen molar-refractivity contribution in [3.63, 3.8) is 0 Å².